The van der Waals surface area contributed by atoms with Gasteiger partial charge in [-0.1, -0.05) is 256 Å². The van der Waals surface area contributed by atoms with Gasteiger partial charge < -0.3 is 14.2 Å². The second kappa shape index (κ2) is 54.2. The number of allylic oxidation sites excluding steroid dienone is 6. The Hall–Kier alpha value is -2.37. The molecule has 0 aromatic carbocycles. The van der Waals surface area contributed by atoms with Crippen molar-refractivity contribution in [1.29, 1.82) is 0 Å². The van der Waals surface area contributed by atoms with Crippen LogP contribution in [-0.2, 0) is 28.6 Å². The first-order chi connectivity index (χ1) is 32.0. The molecule has 0 aliphatic heterocycles. The van der Waals surface area contributed by atoms with Crippen LogP contribution in [0.15, 0.2) is 36.5 Å². The first-order valence-electron chi connectivity index (χ1n) is 28.5. The van der Waals surface area contributed by atoms with E-state index in [1.165, 1.54) is 205 Å². The predicted molar refractivity (Wildman–Crippen MR) is 279 cm³/mol. The average Bonchev–Trinajstić information content (AvgIpc) is 3.30. The van der Waals surface area contributed by atoms with Gasteiger partial charge in [-0.2, -0.15) is 0 Å². The molecule has 1 unspecified atom stereocenters. The van der Waals surface area contributed by atoms with E-state index in [1.54, 1.807) is 0 Å². The maximum atomic E-state index is 12.8. The van der Waals surface area contributed by atoms with Crippen LogP contribution in [0.1, 0.15) is 303 Å². The summed E-state index contributed by atoms with van der Waals surface area (Å²) >= 11 is 0. The predicted octanol–water partition coefficient (Wildman–Crippen LogP) is 18.9. The Morgan fingerprint density at radius 3 is 0.954 bits per heavy atom. The summed E-state index contributed by atoms with van der Waals surface area (Å²) in [6.45, 7) is 6.61. The van der Waals surface area contributed by atoms with Gasteiger partial charge in [0.25, 0.3) is 0 Å². The van der Waals surface area contributed by atoms with E-state index in [0.717, 1.165) is 51.4 Å². The lowest BCUT2D eigenvalue weighted by Crippen LogP contribution is -2.30. The molecule has 65 heavy (non-hydrogen) atoms. The van der Waals surface area contributed by atoms with Crippen molar-refractivity contribution in [2.75, 3.05) is 13.2 Å². The summed E-state index contributed by atoms with van der Waals surface area (Å²) in [6, 6.07) is 0. The molecule has 0 N–H and O–H groups in total. The van der Waals surface area contributed by atoms with Gasteiger partial charge >= 0.3 is 17.9 Å². The van der Waals surface area contributed by atoms with E-state index in [1.807, 2.05) is 6.08 Å². The second-order valence-corrected chi connectivity index (χ2v) is 19.2. The van der Waals surface area contributed by atoms with Gasteiger partial charge in [-0.3, -0.25) is 14.4 Å². The highest BCUT2D eigenvalue weighted by molar-refractivity contribution is 5.71. The largest absolute Gasteiger partial charge is 0.462 e. The molecule has 6 nitrogen and oxygen atoms in total. The highest BCUT2D eigenvalue weighted by atomic mass is 16.6. The SMILES string of the molecule is CCCCCCCC/C=C\C/C=C\CCC(=O)OCC(COC(=O)CCCCCCCCC/C=C\CCCCCCCC)OC(=O)CCCCCCCCCCCCCCCCCCC. The van der Waals surface area contributed by atoms with Crippen molar-refractivity contribution in [3.8, 4) is 0 Å². The van der Waals surface area contributed by atoms with Crippen LogP contribution in [-0.4, -0.2) is 37.2 Å². The zero-order valence-corrected chi connectivity index (χ0v) is 43.5. The number of hydrogen-bond donors (Lipinski definition) is 0. The summed E-state index contributed by atoms with van der Waals surface area (Å²) in [5.41, 5.74) is 0. The third-order valence-corrected chi connectivity index (χ3v) is 12.6. The molecule has 1 atom stereocenters. The van der Waals surface area contributed by atoms with Gasteiger partial charge in [0, 0.05) is 19.3 Å². The van der Waals surface area contributed by atoms with Gasteiger partial charge in [-0.05, 0) is 64.2 Å². The van der Waals surface area contributed by atoms with Crippen LogP contribution < -0.4 is 0 Å². The molecule has 0 rings (SSSR count). The lowest BCUT2D eigenvalue weighted by molar-refractivity contribution is -0.166. The Morgan fingerprint density at radius 2 is 0.585 bits per heavy atom. The Morgan fingerprint density at radius 1 is 0.308 bits per heavy atom. The molecule has 0 bridgehead atoms. The fourth-order valence-corrected chi connectivity index (χ4v) is 8.32. The minimum Gasteiger partial charge on any atom is -0.462 e. The van der Waals surface area contributed by atoms with Crippen LogP contribution in [0.25, 0.3) is 0 Å². The number of carbonyl (C=O) groups is 3. The molecular weight excluding hydrogens is 805 g/mol. The Balaban J connectivity index is 4.38. The van der Waals surface area contributed by atoms with E-state index >= 15 is 0 Å². The monoisotopic (exact) mass is 913 g/mol. The van der Waals surface area contributed by atoms with E-state index in [9.17, 15) is 14.4 Å². The van der Waals surface area contributed by atoms with Gasteiger partial charge in [0.05, 0.1) is 0 Å². The van der Waals surface area contributed by atoms with Crippen molar-refractivity contribution in [3.63, 3.8) is 0 Å². The summed E-state index contributed by atoms with van der Waals surface area (Å²) < 4.78 is 16.8. The Bertz CT molecular complexity index is 1090. The third-order valence-electron chi connectivity index (χ3n) is 12.6. The third kappa shape index (κ3) is 52.5. The Kier molecular flexibility index (Phi) is 52.3. The highest BCUT2D eigenvalue weighted by Gasteiger charge is 2.19. The molecule has 0 heterocycles. The first-order valence-corrected chi connectivity index (χ1v) is 28.5. The summed E-state index contributed by atoms with van der Waals surface area (Å²) in [6.07, 6.45) is 64.3. The Labute approximate surface area is 404 Å². The summed E-state index contributed by atoms with van der Waals surface area (Å²) in [4.78, 5) is 38.1. The number of rotatable bonds is 52. The van der Waals surface area contributed by atoms with Crippen LogP contribution in [0.5, 0.6) is 0 Å². The van der Waals surface area contributed by atoms with Crippen LogP contribution in [0, 0.1) is 0 Å². The summed E-state index contributed by atoms with van der Waals surface area (Å²) in [5.74, 6) is -0.946. The van der Waals surface area contributed by atoms with Crippen molar-refractivity contribution < 1.29 is 28.6 Å². The molecule has 0 amide bonds. The van der Waals surface area contributed by atoms with Gasteiger partial charge in [0.1, 0.15) is 13.2 Å². The molecule has 0 spiro atoms. The maximum absolute atomic E-state index is 12.8. The van der Waals surface area contributed by atoms with E-state index in [-0.39, 0.29) is 37.5 Å². The second-order valence-electron chi connectivity index (χ2n) is 19.2. The first kappa shape index (κ1) is 62.6. The van der Waals surface area contributed by atoms with Gasteiger partial charge in [-0.15, -0.1) is 0 Å². The fourth-order valence-electron chi connectivity index (χ4n) is 8.32. The number of unbranched alkanes of at least 4 members (excludes halogenated alkanes) is 35. The maximum Gasteiger partial charge on any atom is 0.306 e. The van der Waals surface area contributed by atoms with Crippen LogP contribution >= 0.6 is 0 Å². The molecule has 0 saturated heterocycles. The molecule has 380 valence electrons. The molecule has 0 radical (unpaired) electrons. The highest BCUT2D eigenvalue weighted by Crippen LogP contribution is 2.16. The number of esters is 3. The smallest absolute Gasteiger partial charge is 0.306 e. The van der Waals surface area contributed by atoms with Crippen molar-refractivity contribution in [2.24, 2.45) is 0 Å². The van der Waals surface area contributed by atoms with Crippen molar-refractivity contribution in [1.82, 2.24) is 0 Å². The summed E-state index contributed by atoms with van der Waals surface area (Å²) in [5, 5.41) is 0. The molecule has 0 aliphatic rings. The lowest BCUT2D eigenvalue weighted by atomic mass is 10.0. The quantitative estimate of drug-likeness (QED) is 0.0262. The van der Waals surface area contributed by atoms with Crippen LogP contribution in [0.4, 0.5) is 0 Å². The molecular formula is C59H108O6. The molecule has 6 heteroatoms. The van der Waals surface area contributed by atoms with E-state index in [2.05, 4.69) is 51.2 Å². The zero-order chi connectivity index (χ0) is 47.2. The molecule has 0 aliphatic carbocycles. The van der Waals surface area contributed by atoms with E-state index in [0.29, 0.717) is 19.3 Å². The van der Waals surface area contributed by atoms with Crippen LogP contribution in [0.3, 0.4) is 0 Å². The van der Waals surface area contributed by atoms with Gasteiger partial charge in [-0.25, -0.2) is 0 Å². The van der Waals surface area contributed by atoms with Gasteiger partial charge in [0.15, 0.2) is 6.10 Å². The van der Waals surface area contributed by atoms with Gasteiger partial charge in [0.2, 0.25) is 0 Å². The van der Waals surface area contributed by atoms with Crippen molar-refractivity contribution >= 4 is 17.9 Å². The van der Waals surface area contributed by atoms with E-state index < -0.39 is 6.10 Å². The average molecular weight is 914 g/mol. The zero-order valence-electron chi connectivity index (χ0n) is 43.5. The topological polar surface area (TPSA) is 78.9 Å². The van der Waals surface area contributed by atoms with Crippen molar-refractivity contribution in [2.45, 2.75) is 309 Å². The van der Waals surface area contributed by atoms with E-state index in [4.69, 9.17) is 14.2 Å². The minimum absolute atomic E-state index is 0.0880. The summed E-state index contributed by atoms with van der Waals surface area (Å²) in [7, 11) is 0. The molecule has 0 aromatic rings. The minimum atomic E-state index is -0.793. The molecule has 0 fully saturated rings. The molecule has 0 aromatic heterocycles. The number of carbonyl (C=O) groups excluding carboxylic acids is 3. The van der Waals surface area contributed by atoms with Crippen molar-refractivity contribution in [3.05, 3.63) is 36.5 Å². The lowest BCUT2D eigenvalue weighted by Gasteiger charge is -2.18. The standard InChI is InChI=1S/C59H108O6/c1-4-7-10-13-16-19-22-25-27-29-31-34-37-40-43-46-49-52-58(61)64-55-56(54-63-57(60)51-48-45-42-39-36-33-24-21-18-15-12-9-6-3)65-59(62)53-50-47-44-41-38-35-32-30-28-26-23-20-17-14-11-8-5-2/h25,27,33,36,42,45,56H,4-24,26,28-32,34-35,37-41,43-44,46-55H2,1-3H3/b27-25-,36-33-,45-42-. The normalized spacial score (nSPS) is 12.2. The van der Waals surface area contributed by atoms with Crippen LogP contribution in [0.2, 0.25) is 0 Å². The number of ether oxygens (including phenoxy) is 3. The number of hydrogen-bond acceptors (Lipinski definition) is 6. The molecule has 0 saturated carbocycles. The fraction of sp³-hybridized carbons (Fsp3) is 0.847.